The zero-order chi connectivity index (χ0) is 16.4. The molecule has 124 valence electrons. The highest BCUT2D eigenvalue weighted by atomic mass is 19.1. The molecular weight excluding hydrogens is 301 g/mol. The number of aliphatic hydroxyl groups excluding tert-OH is 1. The number of fused-ring (bicyclic) bond motifs is 1. The Morgan fingerprint density at radius 3 is 3.13 bits per heavy atom. The number of carbonyl (C=O) groups is 1. The number of para-hydroxylation sites is 1. The van der Waals surface area contributed by atoms with Crippen LogP contribution < -0.4 is 0 Å². The number of carbonyl (C=O) groups excluding carboxylic acids is 1. The van der Waals surface area contributed by atoms with Crippen molar-refractivity contribution in [2.75, 3.05) is 19.8 Å². The summed E-state index contributed by atoms with van der Waals surface area (Å²) >= 11 is 0. The van der Waals surface area contributed by atoms with E-state index in [4.69, 9.17) is 4.74 Å². The number of rotatable bonds is 4. The molecule has 0 bridgehead atoms. The first-order valence-corrected chi connectivity index (χ1v) is 7.73. The molecule has 1 aromatic heterocycles. The van der Waals surface area contributed by atoms with Crippen LogP contribution in [-0.2, 0) is 16.0 Å². The van der Waals surface area contributed by atoms with Gasteiger partial charge in [0.05, 0.1) is 30.9 Å². The van der Waals surface area contributed by atoms with Gasteiger partial charge in [-0.05, 0) is 19.1 Å². The molecule has 0 spiro atoms. The summed E-state index contributed by atoms with van der Waals surface area (Å²) in [5, 5.41) is 9.18. The van der Waals surface area contributed by atoms with E-state index in [0.29, 0.717) is 36.4 Å². The van der Waals surface area contributed by atoms with Crippen LogP contribution in [0.2, 0.25) is 0 Å². The summed E-state index contributed by atoms with van der Waals surface area (Å²) in [6, 6.07) is 4.73. The topological polar surface area (TPSA) is 78.5 Å². The molecule has 7 heteroatoms. The molecule has 2 unspecified atom stereocenters. The summed E-state index contributed by atoms with van der Waals surface area (Å²) in [6.07, 6.45) is 0.375. The molecule has 1 aliphatic rings. The average Bonchev–Trinajstić information content (AvgIpc) is 2.98. The van der Waals surface area contributed by atoms with Crippen LogP contribution in [0.3, 0.4) is 0 Å². The minimum absolute atomic E-state index is 0.0137. The van der Waals surface area contributed by atoms with Crippen LogP contribution in [0.5, 0.6) is 0 Å². The van der Waals surface area contributed by atoms with E-state index in [-0.39, 0.29) is 36.9 Å². The number of imidazole rings is 1. The average molecular weight is 321 g/mol. The first-order chi connectivity index (χ1) is 11.1. The van der Waals surface area contributed by atoms with Crippen molar-refractivity contribution in [3.8, 4) is 0 Å². The molecule has 1 amide bonds. The molecule has 2 heterocycles. The number of aryl methyl sites for hydroxylation is 1. The van der Waals surface area contributed by atoms with Crippen molar-refractivity contribution in [3.63, 3.8) is 0 Å². The van der Waals surface area contributed by atoms with Crippen LogP contribution in [-0.4, -0.2) is 57.8 Å². The fraction of sp³-hybridized carbons (Fsp3) is 0.500. The Morgan fingerprint density at radius 1 is 1.57 bits per heavy atom. The van der Waals surface area contributed by atoms with E-state index in [1.165, 1.54) is 6.07 Å². The molecule has 1 saturated heterocycles. The third-order valence-corrected chi connectivity index (χ3v) is 4.12. The number of amides is 1. The Hall–Kier alpha value is -1.99. The van der Waals surface area contributed by atoms with Crippen LogP contribution in [0.4, 0.5) is 4.39 Å². The Balaban J connectivity index is 1.64. The minimum atomic E-state index is -0.371. The van der Waals surface area contributed by atoms with Gasteiger partial charge in [0.1, 0.15) is 11.3 Å². The van der Waals surface area contributed by atoms with Gasteiger partial charge >= 0.3 is 0 Å². The van der Waals surface area contributed by atoms with Gasteiger partial charge in [0.15, 0.2) is 5.82 Å². The lowest BCUT2D eigenvalue weighted by molar-refractivity contribution is -0.146. The molecule has 0 radical (unpaired) electrons. The van der Waals surface area contributed by atoms with E-state index in [0.717, 1.165) is 0 Å². The standard InChI is InChI=1S/C16H20FN3O3/c1-10-9-23-11(8-21)7-20(10)15(22)6-5-14-18-13-4-2-3-12(17)16(13)19-14/h2-4,10-11,21H,5-9H2,1H3,(H,18,19). The van der Waals surface area contributed by atoms with Crippen molar-refractivity contribution in [3.05, 3.63) is 29.8 Å². The molecule has 0 aliphatic carbocycles. The minimum Gasteiger partial charge on any atom is -0.394 e. The molecule has 1 fully saturated rings. The van der Waals surface area contributed by atoms with Crippen molar-refractivity contribution in [2.45, 2.75) is 31.9 Å². The third kappa shape index (κ3) is 3.35. The van der Waals surface area contributed by atoms with E-state index in [2.05, 4.69) is 9.97 Å². The summed E-state index contributed by atoms with van der Waals surface area (Å²) < 4.78 is 19.1. The SMILES string of the molecule is CC1COC(CO)CN1C(=O)CCc1nc2c(F)cccc2[nH]1. The van der Waals surface area contributed by atoms with E-state index in [1.807, 2.05) is 6.92 Å². The fourth-order valence-corrected chi connectivity index (χ4v) is 2.81. The lowest BCUT2D eigenvalue weighted by atomic mass is 10.1. The quantitative estimate of drug-likeness (QED) is 0.888. The summed E-state index contributed by atoms with van der Waals surface area (Å²) in [7, 11) is 0. The number of benzene rings is 1. The van der Waals surface area contributed by atoms with Crippen LogP contribution in [0.25, 0.3) is 11.0 Å². The van der Waals surface area contributed by atoms with E-state index >= 15 is 0 Å². The number of aromatic amines is 1. The van der Waals surface area contributed by atoms with Crippen molar-refractivity contribution in [2.24, 2.45) is 0 Å². The fourth-order valence-electron chi connectivity index (χ4n) is 2.81. The van der Waals surface area contributed by atoms with Gasteiger partial charge in [-0.3, -0.25) is 4.79 Å². The van der Waals surface area contributed by atoms with Gasteiger partial charge in [-0.1, -0.05) is 6.07 Å². The van der Waals surface area contributed by atoms with Gasteiger partial charge in [0.25, 0.3) is 0 Å². The number of H-pyrrole nitrogens is 1. The summed E-state index contributed by atoms with van der Waals surface area (Å²) in [5.41, 5.74) is 0.933. The van der Waals surface area contributed by atoms with Crippen molar-refractivity contribution in [1.29, 1.82) is 0 Å². The number of aromatic nitrogens is 2. The van der Waals surface area contributed by atoms with Crippen molar-refractivity contribution < 1.29 is 19.0 Å². The summed E-state index contributed by atoms with van der Waals surface area (Å²) in [6.45, 7) is 2.64. The maximum absolute atomic E-state index is 13.6. The molecule has 3 rings (SSSR count). The molecule has 6 nitrogen and oxygen atoms in total. The summed E-state index contributed by atoms with van der Waals surface area (Å²) in [5.74, 6) is 0.210. The second-order valence-corrected chi connectivity index (χ2v) is 5.85. The molecule has 2 atom stereocenters. The van der Waals surface area contributed by atoms with E-state index in [9.17, 15) is 14.3 Å². The monoisotopic (exact) mass is 321 g/mol. The smallest absolute Gasteiger partial charge is 0.223 e. The number of aliphatic hydroxyl groups is 1. The van der Waals surface area contributed by atoms with Crippen LogP contribution >= 0.6 is 0 Å². The van der Waals surface area contributed by atoms with Crippen LogP contribution in [0.1, 0.15) is 19.2 Å². The molecule has 23 heavy (non-hydrogen) atoms. The normalized spacial score (nSPS) is 21.8. The van der Waals surface area contributed by atoms with Gasteiger partial charge in [-0.25, -0.2) is 9.37 Å². The van der Waals surface area contributed by atoms with Crippen LogP contribution in [0.15, 0.2) is 18.2 Å². The Kier molecular flexibility index (Phi) is 4.58. The van der Waals surface area contributed by atoms with Gasteiger partial charge in [-0.2, -0.15) is 0 Å². The highest BCUT2D eigenvalue weighted by Crippen LogP contribution is 2.17. The van der Waals surface area contributed by atoms with Crippen LogP contribution in [0, 0.1) is 5.82 Å². The molecule has 0 saturated carbocycles. The maximum Gasteiger partial charge on any atom is 0.223 e. The number of ether oxygens (including phenoxy) is 1. The molecule has 2 N–H and O–H groups in total. The van der Waals surface area contributed by atoms with Gasteiger partial charge in [-0.15, -0.1) is 0 Å². The number of nitrogens with zero attached hydrogens (tertiary/aromatic N) is 2. The molecule has 2 aromatic rings. The Labute approximate surface area is 133 Å². The number of nitrogens with one attached hydrogen (secondary N) is 1. The van der Waals surface area contributed by atoms with Crippen molar-refractivity contribution in [1.82, 2.24) is 14.9 Å². The largest absolute Gasteiger partial charge is 0.394 e. The first kappa shape index (κ1) is 15.9. The highest BCUT2D eigenvalue weighted by molar-refractivity contribution is 5.78. The predicted molar refractivity (Wildman–Crippen MR) is 82.4 cm³/mol. The number of halogens is 1. The Morgan fingerprint density at radius 2 is 2.39 bits per heavy atom. The van der Waals surface area contributed by atoms with Gasteiger partial charge in [0, 0.05) is 19.4 Å². The lowest BCUT2D eigenvalue weighted by Crippen LogP contribution is -2.52. The second-order valence-electron chi connectivity index (χ2n) is 5.85. The highest BCUT2D eigenvalue weighted by Gasteiger charge is 2.29. The number of hydrogen-bond acceptors (Lipinski definition) is 4. The zero-order valence-electron chi connectivity index (χ0n) is 13.0. The first-order valence-electron chi connectivity index (χ1n) is 7.73. The van der Waals surface area contributed by atoms with E-state index < -0.39 is 0 Å². The zero-order valence-corrected chi connectivity index (χ0v) is 13.0. The van der Waals surface area contributed by atoms with E-state index in [1.54, 1.807) is 17.0 Å². The van der Waals surface area contributed by atoms with Gasteiger partial charge in [0.2, 0.25) is 5.91 Å². The Bertz CT molecular complexity index is 703. The predicted octanol–water partition coefficient (Wildman–Crippen LogP) is 1.24. The van der Waals surface area contributed by atoms with Crippen molar-refractivity contribution >= 4 is 16.9 Å². The third-order valence-electron chi connectivity index (χ3n) is 4.12. The number of morpholine rings is 1. The molecule has 1 aliphatic heterocycles. The maximum atomic E-state index is 13.6. The molecular formula is C16H20FN3O3. The lowest BCUT2D eigenvalue weighted by Gasteiger charge is -2.37. The number of hydrogen-bond donors (Lipinski definition) is 2. The summed E-state index contributed by atoms with van der Waals surface area (Å²) in [4.78, 5) is 21.4. The molecule has 1 aromatic carbocycles. The van der Waals surface area contributed by atoms with Gasteiger partial charge < -0.3 is 19.7 Å². The second kappa shape index (κ2) is 6.64.